The molecule has 10 heteroatoms. The number of carbonyl (C=O) groups is 1. The van der Waals surface area contributed by atoms with Crippen molar-refractivity contribution in [1.29, 1.82) is 5.26 Å². The number of nitriles is 1. The van der Waals surface area contributed by atoms with Gasteiger partial charge in [0.15, 0.2) is 5.65 Å². The standard InChI is InChI=1S/C22H20N6O3S/c1-22(2,3)31-21(30)27-10-15-16(11-27)32-19-17(15)20(29)28(12-24-19)9-14-8-26-6-4-5-13(7-23)18(26)25-14/h4-6,8,12H,9-11H2,1-3H3. The fourth-order valence-electron chi connectivity index (χ4n) is 3.81. The molecule has 1 aliphatic heterocycles. The van der Waals surface area contributed by atoms with E-state index in [-0.39, 0.29) is 12.1 Å². The highest BCUT2D eigenvalue weighted by Gasteiger charge is 2.32. The number of hydrogen-bond donors (Lipinski definition) is 0. The number of ether oxygens (including phenoxy) is 1. The Hall–Kier alpha value is -3.71. The summed E-state index contributed by atoms with van der Waals surface area (Å²) in [4.78, 5) is 38.0. The molecule has 9 nitrogen and oxygen atoms in total. The molecule has 0 bridgehead atoms. The predicted octanol–water partition coefficient (Wildman–Crippen LogP) is 3.28. The summed E-state index contributed by atoms with van der Waals surface area (Å²) in [5.74, 6) is 0. The summed E-state index contributed by atoms with van der Waals surface area (Å²) in [6.07, 6.45) is 4.75. The van der Waals surface area contributed by atoms with Crippen LogP contribution >= 0.6 is 11.3 Å². The van der Waals surface area contributed by atoms with E-state index >= 15 is 0 Å². The Kier molecular flexibility index (Phi) is 4.53. The molecule has 1 aliphatic rings. The molecule has 0 spiro atoms. The van der Waals surface area contributed by atoms with Crippen LogP contribution in [-0.4, -0.2) is 35.5 Å². The van der Waals surface area contributed by atoms with Gasteiger partial charge >= 0.3 is 6.09 Å². The number of rotatable bonds is 2. The Morgan fingerprint density at radius 2 is 2.16 bits per heavy atom. The summed E-state index contributed by atoms with van der Waals surface area (Å²) in [6, 6.07) is 5.61. The number of aromatic nitrogens is 4. The molecule has 32 heavy (non-hydrogen) atoms. The number of fused-ring (bicyclic) bond motifs is 4. The van der Waals surface area contributed by atoms with Crippen LogP contribution in [-0.2, 0) is 24.4 Å². The zero-order valence-corrected chi connectivity index (χ0v) is 18.6. The van der Waals surface area contributed by atoms with E-state index in [1.54, 1.807) is 27.6 Å². The van der Waals surface area contributed by atoms with Gasteiger partial charge in [-0.1, -0.05) is 0 Å². The molecule has 5 heterocycles. The molecule has 1 amide bonds. The quantitative estimate of drug-likeness (QED) is 0.466. The first-order valence-electron chi connectivity index (χ1n) is 10.1. The minimum Gasteiger partial charge on any atom is -0.444 e. The van der Waals surface area contributed by atoms with E-state index < -0.39 is 11.7 Å². The minimum atomic E-state index is -0.580. The summed E-state index contributed by atoms with van der Waals surface area (Å²) in [5, 5.41) is 9.82. The topological polar surface area (TPSA) is 106 Å². The van der Waals surface area contributed by atoms with Gasteiger partial charge in [-0.25, -0.2) is 14.8 Å². The van der Waals surface area contributed by atoms with Crippen molar-refractivity contribution in [2.75, 3.05) is 0 Å². The lowest BCUT2D eigenvalue weighted by molar-refractivity contribution is 0.0243. The fraction of sp³-hybridized carbons (Fsp3) is 0.318. The highest BCUT2D eigenvalue weighted by Crippen LogP contribution is 2.35. The minimum absolute atomic E-state index is 0.170. The zero-order chi connectivity index (χ0) is 22.6. The monoisotopic (exact) mass is 448 g/mol. The lowest BCUT2D eigenvalue weighted by atomic mass is 10.2. The third-order valence-electron chi connectivity index (χ3n) is 5.18. The maximum atomic E-state index is 13.3. The first kappa shape index (κ1) is 20.2. The van der Waals surface area contributed by atoms with Crippen LogP contribution in [0, 0.1) is 11.3 Å². The number of hydrogen-bond acceptors (Lipinski definition) is 7. The van der Waals surface area contributed by atoms with E-state index in [4.69, 9.17) is 4.74 Å². The molecule has 0 radical (unpaired) electrons. The third-order valence-corrected chi connectivity index (χ3v) is 6.31. The van der Waals surface area contributed by atoms with Gasteiger partial charge < -0.3 is 9.14 Å². The van der Waals surface area contributed by atoms with E-state index in [0.717, 1.165) is 10.4 Å². The van der Waals surface area contributed by atoms with E-state index in [9.17, 15) is 14.9 Å². The Morgan fingerprint density at radius 3 is 2.91 bits per heavy atom. The van der Waals surface area contributed by atoms with Crippen LogP contribution in [0.25, 0.3) is 15.9 Å². The Labute approximate surface area is 187 Å². The fourth-order valence-corrected chi connectivity index (χ4v) is 4.97. The number of pyridine rings is 1. The highest BCUT2D eigenvalue weighted by molar-refractivity contribution is 7.18. The van der Waals surface area contributed by atoms with Gasteiger partial charge in [-0.2, -0.15) is 5.26 Å². The largest absolute Gasteiger partial charge is 0.444 e. The Bertz CT molecular complexity index is 1480. The molecule has 162 valence electrons. The van der Waals surface area contributed by atoms with Crippen molar-refractivity contribution in [1.82, 2.24) is 23.8 Å². The van der Waals surface area contributed by atoms with Crippen LogP contribution in [0.1, 0.15) is 42.5 Å². The molecule has 0 aliphatic carbocycles. The normalized spacial score (nSPS) is 13.5. The molecular formula is C22H20N6O3S. The van der Waals surface area contributed by atoms with E-state index in [2.05, 4.69) is 16.0 Å². The van der Waals surface area contributed by atoms with E-state index in [1.165, 1.54) is 22.2 Å². The Balaban J connectivity index is 1.47. The van der Waals surface area contributed by atoms with Crippen molar-refractivity contribution in [2.45, 2.75) is 46.0 Å². The van der Waals surface area contributed by atoms with Crippen molar-refractivity contribution in [2.24, 2.45) is 0 Å². The van der Waals surface area contributed by atoms with Gasteiger partial charge in [0.1, 0.15) is 16.5 Å². The smallest absolute Gasteiger partial charge is 0.410 e. The number of nitrogens with zero attached hydrogens (tertiary/aromatic N) is 6. The van der Waals surface area contributed by atoms with Crippen LogP contribution in [0.3, 0.4) is 0 Å². The average Bonchev–Trinajstić information content (AvgIpc) is 3.40. The number of imidazole rings is 1. The van der Waals surface area contributed by atoms with Crippen LogP contribution in [0.5, 0.6) is 0 Å². The molecule has 4 aromatic rings. The van der Waals surface area contributed by atoms with Gasteiger partial charge in [-0.3, -0.25) is 14.3 Å². The number of thiophene rings is 1. The summed E-state index contributed by atoms with van der Waals surface area (Å²) in [6.45, 7) is 6.45. The second-order valence-electron chi connectivity index (χ2n) is 8.69. The molecule has 0 atom stereocenters. The lowest BCUT2D eigenvalue weighted by Crippen LogP contribution is -2.33. The zero-order valence-electron chi connectivity index (χ0n) is 17.8. The summed E-state index contributed by atoms with van der Waals surface area (Å²) < 4.78 is 8.76. The third kappa shape index (κ3) is 3.40. The van der Waals surface area contributed by atoms with E-state index in [1.807, 2.05) is 27.0 Å². The molecule has 5 rings (SSSR count). The lowest BCUT2D eigenvalue weighted by Gasteiger charge is -2.24. The number of carbonyl (C=O) groups excluding carboxylic acids is 1. The van der Waals surface area contributed by atoms with Crippen LogP contribution < -0.4 is 5.56 Å². The molecule has 0 N–H and O–H groups in total. The number of amides is 1. The maximum Gasteiger partial charge on any atom is 0.410 e. The first-order valence-corrected chi connectivity index (χ1v) is 10.9. The van der Waals surface area contributed by atoms with Gasteiger partial charge in [-0.05, 0) is 32.9 Å². The Morgan fingerprint density at radius 1 is 1.34 bits per heavy atom. The van der Waals surface area contributed by atoms with Crippen molar-refractivity contribution in [3.8, 4) is 6.07 Å². The van der Waals surface area contributed by atoms with Crippen LogP contribution in [0.2, 0.25) is 0 Å². The van der Waals surface area contributed by atoms with Crippen molar-refractivity contribution >= 4 is 33.3 Å². The SMILES string of the molecule is CC(C)(C)OC(=O)N1Cc2sc3ncn(Cc4cn5cccc(C#N)c5n4)c(=O)c3c2C1. The van der Waals surface area contributed by atoms with Crippen molar-refractivity contribution in [3.63, 3.8) is 0 Å². The van der Waals surface area contributed by atoms with Crippen LogP contribution in [0.15, 0.2) is 35.6 Å². The molecule has 0 saturated heterocycles. The molecule has 0 unspecified atom stereocenters. The second-order valence-corrected chi connectivity index (χ2v) is 9.78. The summed E-state index contributed by atoms with van der Waals surface area (Å²) in [5.41, 5.74) is 1.76. The van der Waals surface area contributed by atoms with Gasteiger partial charge in [0.25, 0.3) is 5.56 Å². The second kappa shape index (κ2) is 7.17. The van der Waals surface area contributed by atoms with Gasteiger partial charge in [0, 0.05) is 22.8 Å². The van der Waals surface area contributed by atoms with Crippen LogP contribution in [0.4, 0.5) is 4.79 Å². The molecule has 0 aromatic carbocycles. The summed E-state index contributed by atoms with van der Waals surface area (Å²) >= 11 is 1.43. The molecular weight excluding hydrogens is 428 g/mol. The average molecular weight is 449 g/mol. The first-order chi connectivity index (χ1) is 15.2. The molecule has 0 saturated carbocycles. The predicted molar refractivity (Wildman–Crippen MR) is 118 cm³/mol. The summed E-state index contributed by atoms with van der Waals surface area (Å²) in [7, 11) is 0. The van der Waals surface area contributed by atoms with Gasteiger partial charge in [0.2, 0.25) is 0 Å². The maximum absolute atomic E-state index is 13.3. The molecule has 0 fully saturated rings. The van der Waals surface area contributed by atoms with Crippen molar-refractivity contribution in [3.05, 3.63) is 62.9 Å². The van der Waals surface area contributed by atoms with Crippen molar-refractivity contribution < 1.29 is 9.53 Å². The van der Waals surface area contributed by atoms with Gasteiger partial charge in [0.05, 0.1) is 42.6 Å². The van der Waals surface area contributed by atoms with E-state index in [0.29, 0.717) is 40.2 Å². The molecule has 4 aromatic heterocycles. The highest BCUT2D eigenvalue weighted by atomic mass is 32.1. The van der Waals surface area contributed by atoms with Gasteiger partial charge in [-0.15, -0.1) is 11.3 Å².